The van der Waals surface area contributed by atoms with Gasteiger partial charge < -0.3 is 19.5 Å². The second kappa shape index (κ2) is 5.61. The lowest BCUT2D eigenvalue weighted by Crippen LogP contribution is -2.43. The van der Waals surface area contributed by atoms with Crippen LogP contribution in [-0.2, 0) is 16.0 Å². The van der Waals surface area contributed by atoms with Crippen molar-refractivity contribution in [1.29, 1.82) is 0 Å². The zero-order chi connectivity index (χ0) is 16.7. The van der Waals surface area contributed by atoms with Crippen LogP contribution in [0.2, 0.25) is 0 Å². The maximum Gasteiger partial charge on any atom is 0.340 e. The molecule has 0 fully saturated rings. The number of benzene rings is 1. The largest absolute Gasteiger partial charge is 0.493 e. The molecule has 0 saturated carbocycles. The molecule has 2 aliphatic heterocycles. The minimum atomic E-state index is -1.17. The van der Waals surface area contributed by atoms with Gasteiger partial charge in [0, 0.05) is 18.7 Å². The van der Waals surface area contributed by atoms with Gasteiger partial charge in [0.1, 0.15) is 5.57 Å². The van der Waals surface area contributed by atoms with E-state index in [0.717, 1.165) is 17.5 Å². The molecule has 2 heterocycles. The Hall–Kier alpha value is -2.50. The average molecular weight is 317 g/mol. The fourth-order valence-corrected chi connectivity index (χ4v) is 3.43. The highest BCUT2D eigenvalue weighted by molar-refractivity contribution is 6.17. The maximum absolute atomic E-state index is 12.2. The summed E-state index contributed by atoms with van der Waals surface area (Å²) in [6.07, 6.45) is 2.40. The number of fused-ring (bicyclic) bond motifs is 3. The molecule has 1 N–H and O–H groups in total. The third-order valence-corrected chi connectivity index (χ3v) is 4.58. The molecule has 2 atom stereocenters. The van der Waals surface area contributed by atoms with Crippen LogP contribution in [0.1, 0.15) is 30.5 Å². The Kier molecular flexibility index (Phi) is 3.75. The monoisotopic (exact) mass is 317 g/mol. The number of ether oxygens (including phenoxy) is 2. The van der Waals surface area contributed by atoms with E-state index in [9.17, 15) is 14.7 Å². The van der Waals surface area contributed by atoms with Crippen LogP contribution in [0.15, 0.2) is 23.9 Å². The molecular weight excluding hydrogens is 298 g/mol. The van der Waals surface area contributed by atoms with Crippen molar-refractivity contribution in [3.8, 4) is 11.5 Å². The molecule has 1 aromatic rings. The first-order chi connectivity index (χ1) is 11.0. The van der Waals surface area contributed by atoms with Gasteiger partial charge in [0.2, 0.25) is 0 Å². The number of hydrogen-bond donors (Lipinski definition) is 1. The maximum atomic E-state index is 12.2. The number of nitrogens with zero attached hydrogens (tertiary/aromatic N) is 1. The number of rotatable bonds is 3. The molecule has 122 valence electrons. The number of carboxylic acids is 1. The van der Waals surface area contributed by atoms with Gasteiger partial charge in [0.05, 0.1) is 20.3 Å². The Morgan fingerprint density at radius 2 is 1.87 bits per heavy atom. The van der Waals surface area contributed by atoms with Gasteiger partial charge in [0.25, 0.3) is 0 Å². The summed E-state index contributed by atoms with van der Waals surface area (Å²) in [6.45, 7) is 2.03. The smallest absolute Gasteiger partial charge is 0.340 e. The van der Waals surface area contributed by atoms with Crippen molar-refractivity contribution < 1.29 is 24.2 Å². The van der Waals surface area contributed by atoms with Crippen LogP contribution in [0, 0.1) is 0 Å². The third-order valence-electron chi connectivity index (χ3n) is 4.58. The topological polar surface area (TPSA) is 76.1 Å². The zero-order valence-corrected chi connectivity index (χ0v) is 13.3. The molecule has 6 nitrogen and oxygen atoms in total. The van der Waals surface area contributed by atoms with Crippen molar-refractivity contribution >= 4 is 11.8 Å². The number of aliphatic carboxylic acids is 1. The molecule has 0 saturated heterocycles. The Balaban J connectivity index is 2.10. The fraction of sp³-hybridized carbons (Fsp3) is 0.412. The highest BCUT2D eigenvalue weighted by Gasteiger charge is 2.38. The van der Waals surface area contributed by atoms with Gasteiger partial charge in [-0.25, -0.2) is 4.79 Å². The van der Waals surface area contributed by atoms with Gasteiger partial charge in [-0.2, -0.15) is 0 Å². The van der Waals surface area contributed by atoms with Crippen molar-refractivity contribution in [2.24, 2.45) is 0 Å². The molecule has 0 aliphatic carbocycles. The molecule has 1 aromatic carbocycles. The third kappa shape index (κ3) is 2.44. The van der Waals surface area contributed by atoms with Crippen LogP contribution < -0.4 is 9.47 Å². The van der Waals surface area contributed by atoms with Crippen molar-refractivity contribution in [2.75, 3.05) is 14.2 Å². The second-order valence-corrected chi connectivity index (χ2v) is 5.90. The van der Waals surface area contributed by atoms with Crippen LogP contribution in [-0.4, -0.2) is 42.0 Å². The van der Waals surface area contributed by atoms with E-state index in [1.54, 1.807) is 14.2 Å². The lowest BCUT2D eigenvalue weighted by molar-refractivity contribution is -0.135. The fourth-order valence-electron chi connectivity index (χ4n) is 3.43. The summed E-state index contributed by atoms with van der Waals surface area (Å²) in [6, 6.07) is 3.78. The van der Waals surface area contributed by atoms with Gasteiger partial charge in [-0.1, -0.05) is 0 Å². The SMILES string of the molecule is COc1cc2c(cc1OC)C1CC(=O)C(C(=O)O)=CN1C(C)C2. The number of carbonyl (C=O) groups is 2. The first kappa shape index (κ1) is 15.4. The van der Waals surface area contributed by atoms with Crippen LogP contribution >= 0.6 is 0 Å². The molecule has 0 radical (unpaired) electrons. The van der Waals surface area contributed by atoms with Crippen LogP contribution in [0.25, 0.3) is 0 Å². The predicted molar refractivity (Wildman–Crippen MR) is 82.6 cm³/mol. The van der Waals surface area contributed by atoms with E-state index >= 15 is 0 Å². The molecular formula is C17H19NO5. The van der Waals surface area contributed by atoms with E-state index in [2.05, 4.69) is 0 Å². The summed E-state index contributed by atoms with van der Waals surface area (Å²) < 4.78 is 10.7. The standard InChI is InChI=1S/C17H19NO5/c1-9-4-10-5-15(22-2)16(23-3)6-11(10)13-7-14(19)12(17(20)21)8-18(9)13/h5-6,8-9,13H,4,7H2,1-3H3,(H,20,21). The minimum Gasteiger partial charge on any atom is -0.493 e. The predicted octanol–water partition coefficient (Wildman–Crippen LogP) is 1.93. The van der Waals surface area contributed by atoms with E-state index < -0.39 is 5.97 Å². The summed E-state index contributed by atoms with van der Waals surface area (Å²) >= 11 is 0. The summed E-state index contributed by atoms with van der Waals surface area (Å²) in [5.41, 5.74) is 1.96. The van der Waals surface area contributed by atoms with Crippen molar-refractivity contribution in [1.82, 2.24) is 4.90 Å². The van der Waals surface area contributed by atoms with E-state index in [1.807, 2.05) is 24.0 Å². The van der Waals surface area contributed by atoms with Crippen molar-refractivity contribution in [2.45, 2.75) is 31.8 Å². The highest BCUT2D eigenvalue weighted by Crippen LogP contribution is 2.43. The molecule has 3 rings (SSSR count). The van der Waals surface area contributed by atoms with Gasteiger partial charge in [-0.15, -0.1) is 0 Å². The Morgan fingerprint density at radius 1 is 1.22 bits per heavy atom. The molecule has 2 aliphatic rings. The summed E-state index contributed by atoms with van der Waals surface area (Å²) in [4.78, 5) is 25.3. The molecule has 0 bridgehead atoms. The summed E-state index contributed by atoms with van der Waals surface area (Å²) in [7, 11) is 3.16. The van der Waals surface area contributed by atoms with Gasteiger partial charge in [-0.3, -0.25) is 4.79 Å². The van der Waals surface area contributed by atoms with Gasteiger partial charge >= 0.3 is 5.97 Å². The first-order valence-electron chi connectivity index (χ1n) is 7.46. The second-order valence-electron chi connectivity index (χ2n) is 5.90. The number of ketones is 1. The minimum absolute atomic E-state index is 0.105. The molecule has 23 heavy (non-hydrogen) atoms. The van der Waals surface area contributed by atoms with E-state index in [4.69, 9.17) is 9.47 Å². The van der Waals surface area contributed by atoms with Crippen molar-refractivity contribution in [3.05, 3.63) is 35.0 Å². The Morgan fingerprint density at radius 3 is 2.48 bits per heavy atom. The van der Waals surface area contributed by atoms with Gasteiger partial charge in [-0.05, 0) is 36.6 Å². The lowest BCUT2D eigenvalue weighted by atomic mass is 9.83. The summed E-state index contributed by atoms with van der Waals surface area (Å²) in [5, 5.41) is 9.18. The highest BCUT2D eigenvalue weighted by atomic mass is 16.5. The Labute approximate surface area is 134 Å². The van der Waals surface area contributed by atoms with Crippen LogP contribution in [0.3, 0.4) is 0 Å². The van der Waals surface area contributed by atoms with Crippen LogP contribution in [0.5, 0.6) is 11.5 Å². The number of methoxy groups -OCH3 is 2. The van der Waals surface area contributed by atoms with Gasteiger partial charge in [0.15, 0.2) is 17.3 Å². The summed E-state index contributed by atoms with van der Waals surface area (Å²) in [5.74, 6) is -0.232. The lowest BCUT2D eigenvalue weighted by Gasteiger charge is -2.43. The molecule has 0 amide bonds. The van der Waals surface area contributed by atoms with E-state index in [1.165, 1.54) is 6.20 Å². The first-order valence-corrected chi connectivity index (χ1v) is 7.46. The zero-order valence-electron chi connectivity index (χ0n) is 13.3. The Bertz CT molecular complexity index is 709. The number of Topliss-reactive ketones (excluding diaryl/α,β-unsaturated/α-hetero) is 1. The molecule has 6 heteroatoms. The normalized spacial score (nSPS) is 22.8. The van der Waals surface area contributed by atoms with E-state index in [-0.39, 0.29) is 29.9 Å². The average Bonchev–Trinajstić information content (AvgIpc) is 2.53. The van der Waals surface area contributed by atoms with Crippen LogP contribution in [0.4, 0.5) is 0 Å². The number of carboxylic acid groups (broad SMARTS) is 1. The van der Waals surface area contributed by atoms with Crippen molar-refractivity contribution in [3.63, 3.8) is 0 Å². The quantitative estimate of drug-likeness (QED) is 0.859. The van der Waals surface area contributed by atoms with E-state index in [0.29, 0.717) is 11.5 Å². The number of hydrogen-bond acceptors (Lipinski definition) is 5. The molecule has 2 unspecified atom stereocenters. The number of carbonyl (C=O) groups excluding carboxylic acids is 1. The molecule has 0 aromatic heterocycles. The molecule has 0 spiro atoms.